The third-order valence-corrected chi connectivity index (χ3v) is 6.70. The van der Waals surface area contributed by atoms with E-state index in [1.807, 2.05) is 48.7 Å². The molecule has 206 valence electrons. The van der Waals surface area contributed by atoms with Crippen LogP contribution in [0, 0.1) is 6.92 Å². The van der Waals surface area contributed by atoms with Crippen LogP contribution in [0.4, 0.5) is 0 Å². The molecule has 0 unspecified atom stereocenters. The summed E-state index contributed by atoms with van der Waals surface area (Å²) in [6.45, 7) is 9.75. The van der Waals surface area contributed by atoms with Crippen molar-refractivity contribution in [3.05, 3.63) is 125 Å². The Morgan fingerprint density at radius 3 is 2.50 bits per heavy atom. The summed E-state index contributed by atoms with van der Waals surface area (Å²) in [7, 11) is 0. The third-order valence-electron chi connectivity index (χ3n) is 6.70. The molecule has 0 bridgehead atoms. The van der Waals surface area contributed by atoms with Gasteiger partial charge in [-0.15, -0.1) is 0 Å². The van der Waals surface area contributed by atoms with Gasteiger partial charge in [0.2, 0.25) is 0 Å². The molecule has 6 nitrogen and oxygen atoms in total. The van der Waals surface area contributed by atoms with Gasteiger partial charge in [-0.2, -0.15) is 0 Å². The van der Waals surface area contributed by atoms with Crippen LogP contribution in [-0.4, -0.2) is 27.5 Å². The first kappa shape index (κ1) is 28.6. The summed E-state index contributed by atoms with van der Waals surface area (Å²) < 4.78 is 8.75. The van der Waals surface area contributed by atoms with Gasteiger partial charge in [0.25, 0.3) is 0 Å². The van der Waals surface area contributed by atoms with Crippen LogP contribution in [0.2, 0.25) is 0 Å². The molecule has 0 saturated carbocycles. The quantitative estimate of drug-likeness (QED) is 0.102. The van der Waals surface area contributed by atoms with Crippen molar-refractivity contribution in [2.75, 3.05) is 6.54 Å². The van der Waals surface area contributed by atoms with Crippen molar-refractivity contribution in [1.82, 2.24) is 15.0 Å². The smallest absolute Gasteiger partial charge is 0.146 e. The Labute approximate surface area is 237 Å². The molecule has 0 spiro atoms. The number of rotatable bonds is 14. The zero-order valence-corrected chi connectivity index (χ0v) is 23.4. The van der Waals surface area contributed by atoms with Crippen molar-refractivity contribution >= 4 is 23.3 Å². The number of imidazole rings is 1. The second kappa shape index (κ2) is 14.7. The number of allylic oxidation sites excluding steroid dienone is 3. The Morgan fingerprint density at radius 2 is 1.80 bits per heavy atom. The molecule has 4 aromatic rings. The van der Waals surface area contributed by atoms with Gasteiger partial charge in [-0.05, 0) is 60.2 Å². The summed E-state index contributed by atoms with van der Waals surface area (Å²) in [5.41, 5.74) is 8.74. The van der Waals surface area contributed by atoms with Crippen molar-refractivity contribution < 1.29 is 9.94 Å². The summed E-state index contributed by atoms with van der Waals surface area (Å²) in [5, 5.41) is 9.21. The van der Waals surface area contributed by atoms with Crippen LogP contribution in [-0.2, 0) is 26.0 Å². The highest BCUT2D eigenvalue weighted by Crippen LogP contribution is 2.34. The molecule has 0 aliphatic carbocycles. The summed E-state index contributed by atoms with van der Waals surface area (Å²) in [4.78, 5) is 9.79. The summed E-state index contributed by atoms with van der Waals surface area (Å²) >= 11 is 0. The van der Waals surface area contributed by atoms with Crippen LogP contribution < -0.4 is 10.2 Å². The zero-order chi connectivity index (χ0) is 28.2. The number of hydrogen-bond donors (Lipinski definition) is 2. The normalized spacial score (nSPS) is 11.8. The summed E-state index contributed by atoms with van der Waals surface area (Å²) in [6.07, 6.45) is 12.3. The average molecular weight is 535 g/mol. The van der Waals surface area contributed by atoms with Gasteiger partial charge in [0.15, 0.2) is 0 Å². The molecule has 0 saturated heterocycles. The van der Waals surface area contributed by atoms with E-state index in [1.54, 1.807) is 6.08 Å². The fraction of sp³-hybridized carbons (Fsp3) is 0.235. The lowest BCUT2D eigenvalue weighted by atomic mass is 10.0. The molecule has 40 heavy (non-hydrogen) atoms. The van der Waals surface area contributed by atoms with E-state index in [4.69, 9.17) is 9.72 Å². The topological polar surface area (TPSA) is 71.7 Å². The molecule has 0 amide bonds. The van der Waals surface area contributed by atoms with Crippen molar-refractivity contribution in [3.8, 4) is 5.75 Å². The van der Waals surface area contributed by atoms with Crippen molar-refractivity contribution in [2.45, 2.75) is 46.3 Å². The first-order chi connectivity index (χ1) is 19.6. The van der Waals surface area contributed by atoms with Gasteiger partial charge in [-0.3, -0.25) is 15.7 Å². The van der Waals surface area contributed by atoms with E-state index in [0.29, 0.717) is 25.4 Å². The Balaban J connectivity index is 1.78. The number of nitrogens with zero attached hydrogens (tertiary/aromatic N) is 3. The number of ether oxygens (including phenoxy) is 1. The van der Waals surface area contributed by atoms with Crippen LogP contribution in [0.5, 0.6) is 5.75 Å². The molecule has 1 aromatic heterocycles. The monoisotopic (exact) mass is 534 g/mol. The summed E-state index contributed by atoms with van der Waals surface area (Å²) in [5.74, 6) is 1.77. The summed E-state index contributed by atoms with van der Waals surface area (Å²) in [6, 6.07) is 22.7. The Hall–Kier alpha value is -4.42. The highest BCUT2D eigenvalue weighted by Gasteiger charge is 2.19. The van der Waals surface area contributed by atoms with Crippen molar-refractivity contribution in [3.63, 3.8) is 0 Å². The predicted octanol–water partition coefficient (Wildman–Crippen LogP) is 7.25. The first-order valence-corrected chi connectivity index (χ1v) is 13.8. The van der Waals surface area contributed by atoms with Gasteiger partial charge in [0, 0.05) is 19.2 Å². The number of aryl methyl sites for hydroxylation is 3. The molecular formula is C34H38N4O2. The van der Waals surface area contributed by atoms with Gasteiger partial charge >= 0.3 is 0 Å². The first-order valence-electron chi connectivity index (χ1n) is 13.8. The third kappa shape index (κ3) is 7.58. The molecule has 2 N–H and O–H groups in total. The molecule has 3 aromatic carbocycles. The molecule has 4 rings (SSSR count). The average Bonchev–Trinajstić information content (AvgIpc) is 3.36. The predicted molar refractivity (Wildman–Crippen MR) is 165 cm³/mol. The van der Waals surface area contributed by atoms with Crippen LogP contribution in [0.25, 0.3) is 17.1 Å². The maximum Gasteiger partial charge on any atom is 0.146 e. The van der Waals surface area contributed by atoms with Gasteiger partial charge in [0.05, 0.1) is 17.8 Å². The van der Waals surface area contributed by atoms with Gasteiger partial charge < -0.3 is 9.30 Å². The molecule has 0 aliphatic rings. The van der Waals surface area contributed by atoms with Crippen LogP contribution in [0.1, 0.15) is 41.4 Å². The molecule has 0 atom stereocenters. The fourth-order valence-corrected chi connectivity index (χ4v) is 4.53. The van der Waals surface area contributed by atoms with Gasteiger partial charge in [0.1, 0.15) is 23.7 Å². The van der Waals surface area contributed by atoms with E-state index >= 15 is 0 Å². The maximum absolute atomic E-state index is 9.21. The lowest BCUT2D eigenvalue weighted by molar-refractivity contribution is 0.205. The van der Waals surface area contributed by atoms with E-state index in [2.05, 4.69) is 77.9 Å². The minimum atomic E-state index is 0.398. The molecule has 1 heterocycles. The Kier molecular flexibility index (Phi) is 10.5. The second-order valence-corrected chi connectivity index (χ2v) is 9.59. The molecular weight excluding hydrogens is 496 g/mol. The minimum absolute atomic E-state index is 0.398. The van der Waals surface area contributed by atoms with Gasteiger partial charge in [-0.25, -0.2) is 4.98 Å². The molecule has 6 heteroatoms. The van der Waals surface area contributed by atoms with E-state index < -0.39 is 0 Å². The van der Waals surface area contributed by atoms with E-state index in [9.17, 15) is 5.21 Å². The van der Waals surface area contributed by atoms with Crippen molar-refractivity contribution in [2.24, 2.45) is 4.99 Å². The fourth-order valence-electron chi connectivity index (χ4n) is 4.53. The number of nitrogens with one attached hydrogen (secondary N) is 1. The lowest BCUT2D eigenvalue weighted by Gasteiger charge is -2.14. The molecule has 0 aliphatic heterocycles. The van der Waals surface area contributed by atoms with Gasteiger partial charge in [-0.1, -0.05) is 86.3 Å². The Morgan fingerprint density at radius 1 is 1.07 bits per heavy atom. The molecule has 0 fully saturated rings. The standard InChI is InChI=1S/C34H38N4O2/c1-4-5-12-21-35-22-23-38-32(20-18-28-13-8-6-9-14-28)36-33-27(3)30(19-17-26(2)37-39)24-31(34(33)38)40-25-29-15-10-7-11-16-29/h5-17,19,21,24,37,39H,2,4,18,20,22-23,25H2,1,3H3/b12-5-,19-17+,35-21?. The van der Waals surface area contributed by atoms with Crippen molar-refractivity contribution in [1.29, 1.82) is 0 Å². The highest BCUT2D eigenvalue weighted by atomic mass is 16.5. The maximum atomic E-state index is 9.21. The minimum Gasteiger partial charge on any atom is -0.487 e. The number of hydrogen-bond acceptors (Lipinski definition) is 5. The Bertz CT molecular complexity index is 1490. The van der Waals surface area contributed by atoms with Crippen LogP contribution in [0.3, 0.4) is 0 Å². The highest BCUT2D eigenvalue weighted by molar-refractivity contribution is 5.89. The largest absolute Gasteiger partial charge is 0.487 e. The van der Waals surface area contributed by atoms with E-state index in [1.165, 1.54) is 5.56 Å². The zero-order valence-electron chi connectivity index (χ0n) is 23.4. The molecule has 0 radical (unpaired) electrons. The second-order valence-electron chi connectivity index (χ2n) is 9.59. The van der Waals surface area contributed by atoms with Crippen LogP contribution >= 0.6 is 0 Å². The van der Waals surface area contributed by atoms with E-state index in [-0.39, 0.29) is 0 Å². The van der Waals surface area contributed by atoms with E-state index in [0.717, 1.165) is 58.6 Å². The number of fused-ring (bicyclic) bond motifs is 1. The van der Waals surface area contributed by atoms with Crippen LogP contribution in [0.15, 0.2) is 102 Å². The number of aromatic nitrogens is 2. The number of hydroxylamine groups is 1. The number of benzene rings is 3. The SMILES string of the molecule is C=C(/C=C/c1cc(OCc2ccccc2)c2c(nc(CCc3ccccc3)n2CCN=C/C=C\CC)c1C)NO. The lowest BCUT2D eigenvalue weighted by Crippen LogP contribution is -2.09. The number of aliphatic imine (C=N–C) groups is 1.